The van der Waals surface area contributed by atoms with Crippen LogP contribution in [0.25, 0.3) is 0 Å². The Morgan fingerprint density at radius 2 is 1.71 bits per heavy atom. The molecule has 2 heterocycles. The highest BCUT2D eigenvalue weighted by atomic mass is 19.1. The van der Waals surface area contributed by atoms with Gasteiger partial charge < -0.3 is 15.1 Å². The van der Waals surface area contributed by atoms with E-state index in [1.807, 2.05) is 6.92 Å². The second kappa shape index (κ2) is 8.55. The summed E-state index contributed by atoms with van der Waals surface area (Å²) >= 11 is 0. The van der Waals surface area contributed by atoms with Gasteiger partial charge in [0.25, 0.3) is 5.91 Å². The second-order valence-electron chi connectivity index (χ2n) is 6.17. The van der Waals surface area contributed by atoms with E-state index in [2.05, 4.69) is 20.7 Å². The summed E-state index contributed by atoms with van der Waals surface area (Å²) in [6, 6.07) is 5.30. The minimum absolute atomic E-state index is 0.00753. The first-order valence-corrected chi connectivity index (χ1v) is 8.86. The summed E-state index contributed by atoms with van der Waals surface area (Å²) in [6.45, 7) is 3.48. The summed E-state index contributed by atoms with van der Waals surface area (Å²) in [5.41, 5.74) is 0.381. The summed E-state index contributed by atoms with van der Waals surface area (Å²) in [5, 5.41) is 14.0. The van der Waals surface area contributed by atoms with Crippen LogP contribution in [0.5, 0.6) is 0 Å². The standard InChI is InChI=1S/C17H20FN7O3/c1-2-25-21-14(20-22-25)11-19-15(26)17(28)24-9-7-23(8-10-24)16(27)12-3-5-13(18)6-4-12/h3-6H,2,7-11H2,1H3,(H,19,26). The van der Waals surface area contributed by atoms with Crippen LogP contribution in [-0.4, -0.2) is 73.9 Å². The van der Waals surface area contributed by atoms with E-state index in [0.29, 0.717) is 31.0 Å². The van der Waals surface area contributed by atoms with Gasteiger partial charge in [0.1, 0.15) is 5.82 Å². The maximum atomic E-state index is 13.0. The number of carbonyl (C=O) groups is 3. The van der Waals surface area contributed by atoms with Crippen molar-refractivity contribution in [2.24, 2.45) is 0 Å². The first kappa shape index (κ1) is 19.4. The Kier molecular flexibility index (Phi) is 5.92. The average Bonchev–Trinajstić information content (AvgIpc) is 3.20. The summed E-state index contributed by atoms with van der Waals surface area (Å²) in [7, 11) is 0. The smallest absolute Gasteiger partial charge is 0.312 e. The lowest BCUT2D eigenvalue weighted by molar-refractivity contribution is -0.146. The average molecular weight is 389 g/mol. The zero-order valence-electron chi connectivity index (χ0n) is 15.3. The van der Waals surface area contributed by atoms with Gasteiger partial charge in [-0.1, -0.05) is 0 Å². The van der Waals surface area contributed by atoms with Crippen molar-refractivity contribution in [3.05, 3.63) is 41.5 Å². The van der Waals surface area contributed by atoms with Gasteiger partial charge in [0.05, 0.1) is 13.1 Å². The van der Waals surface area contributed by atoms with Crippen LogP contribution in [-0.2, 0) is 22.7 Å². The maximum absolute atomic E-state index is 13.0. The van der Waals surface area contributed by atoms with Crippen LogP contribution < -0.4 is 5.32 Å². The van der Waals surface area contributed by atoms with Gasteiger partial charge >= 0.3 is 11.8 Å². The molecular formula is C17H20FN7O3. The van der Waals surface area contributed by atoms with Crippen molar-refractivity contribution in [3.8, 4) is 0 Å². The Balaban J connectivity index is 1.48. The predicted molar refractivity (Wildman–Crippen MR) is 94.2 cm³/mol. The zero-order valence-corrected chi connectivity index (χ0v) is 15.3. The van der Waals surface area contributed by atoms with E-state index >= 15 is 0 Å². The Labute approximate surface area is 160 Å². The highest BCUT2D eigenvalue weighted by Crippen LogP contribution is 2.10. The number of carbonyl (C=O) groups excluding carboxylic acids is 3. The first-order chi connectivity index (χ1) is 13.5. The number of piperazine rings is 1. The molecule has 10 nitrogen and oxygen atoms in total. The van der Waals surface area contributed by atoms with Gasteiger partial charge in [-0.05, 0) is 36.4 Å². The minimum Gasteiger partial charge on any atom is -0.340 e. The van der Waals surface area contributed by atoms with E-state index in [1.165, 1.54) is 34.0 Å². The first-order valence-electron chi connectivity index (χ1n) is 8.86. The summed E-state index contributed by atoms with van der Waals surface area (Å²) in [6.07, 6.45) is 0. The highest BCUT2D eigenvalue weighted by molar-refractivity contribution is 6.35. The van der Waals surface area contributed by atoms with E-state index in [9.17, 15) is 18.8 Å². The molecule has 1 fully saturated rings. The van der Waals surface area contributed by atoms with Gasteiger partial charge in [-0.3, -0.25) is 14.4 Å². The number of amides is 3. The second-order valence-corrected chi connectivity index (χ2v) is 6.17. The number of aromatic nitrogens is 4. The quantitative estimate of drug-likeness (QED) is 0.701. The Bertz CT molecular complexity index is 860. The van der Waals surface area contributed by atoms with E-state index in [0.717, 1.165) is 0 Å². The number of aryl methyl sites for hydroxylation is 1. The van der Waals surface area contributed by atoms with Crippen molar-refractivity contribution in [3.63, 3.8) is 0 Å². The zero-order chi connectivity index (χ0) is 20.1. The molecule has 1 saturated heterocycles. The van der Waals surface area contributed by atoms with Crippen LogP contribution in [0.2, 0.25) is 0 Å². The SMILES string of the molecule is CCn1nnc(CNC(=O)C(=O)N2CCN(C(=O)c3ccc(F)cc3)CC2)n1. The lowest BCUT2D eigenvalue weighted by atomic mass is 10.1. The molecule has 28 heavy (non-hydrogen) atoms. The molecule has 1 aliphatic heterocycles. The van der Waals surface area contributed by atoms with Gasteiger partial charge in [-0.2, -0.15) is 4.80 Å². The molecule has 2 aromatic rings. The molecule has 1 aliphatic rings. The molecule has 0 atom stereocenters. The number of nitrogens with one attached hydrogen (secondary N) is 1. The fraction of sp³-hybridized carbons (Fsp3) is 0.412. The molecule has 148 valence electrons. The summed E-state index contributed by atoms with van der Waals surface area (Å²) in [4.78, 5) is 41.1. The number of hydrogen-bond acceptors (Lipinski definition) is 6. The summed E-state index contributed by atoms with van der Waals surface area (Å²) in [5.74, 6) is -1.76. The van der Waals surface area contributed by atoms with Gasteiger partial charge in [-0.15, -0.1) is 10.2 Å². The number of halogens is 1. The molecule has 0 aliphatic carbocycles. The number of rotatable bonds is 4. The minimum atomic E-state index is -0.758. The predicted octanol–water partition coefficient (Wildman–Crippen LogP) is -0.567. The number of nitrogens with zero attached hydrogens (tertiary/aromatic N) is 6. The van der Waals surface area contributed by atoms with E-state index in [4.69, 9.17) is 0 Å². The Morgan fingerprint density at radius 1 is 1.07 bits per heavy atom. The van der Waals surface area contributed by atoms with Gasteiger partial charge in [-0.25, -0.2) is 4.39 Å². The third-order valence-corrected chi connectivity index (χ3v) is 4.32. The van der Waals surface area contributed by atoms with Crippen molar-refractivity contribution < 1.29 is 18.8 Å². The van der Waals surface area contributed by atoms with Crippen LogP contribution in [0, 0.1) is 5.82 Å². The van der Waals surface area contributed by atoms with Crippen LogP contribution in [0.4, 0.5) is 4.39 Å². The van der Waals surface area contributed by atoms with E-state index < -0.39 is 17.6 Å². The molecule has 3 amide bonds. The molecule has 0 unspecified atom stereocenters. The molecule has 0 radical (unpaired) electrons. The summed E-state index contributed by atoms with van der Waals surface area (Å²) < 4.78 is 13.0. The van der Waals surface area contributed by atoms with Crippen molar-refractivity contribution in [1.29, 1.82) is 0 Å². The molecule has 0 spiro atoms. The van der Waals surface area contributed by atoms with Crippen molar-refractivity contribution in [1.82, 2.24) is 35.3 Å². The molecule has 3 rings (SSSR count). The molecule has 1 aromatic heterocycles. The number of tetrazole rings is 1. The molecule has 11 heteroatoms. The van der Waals surface area contributed by atoms with Crippen LogP contribution in [0.15, 0.2) is 24.3 Å². The maximum Gasteiger partial charge on any atom is 0.312 e. The Morgan fingerprint density at radius 3 is 2.32 bits per heavy atom. The normalized spacial score (nSPS) is 14.1. The molecular weight excluding hydrogens is 369 g/mol. The fourth-order valence-electron chi connectivity index (χ4n) is 2.75. The van der Waals surface area contributed by atoms with E-state index in [-0.39, 0.29) is 25.5 Å². The molecule has 1 N–H and O–H groups in total. The molecule has 0 saturated carbocycles. The largest absolute Gasteiger partial charge is 0.340 e. The molecule has 1 aromatic carbocycles. The lowest BCUT2D eigenvalue weighted by Crippen LogP contribution is -2.53. The highest BCUT2D eigenvalue weighted by Gasteiger charge is 2.28. The number of hydrogen-bond donors (Lipinski definition) is 1. The third kappa shape index (κ3) is 4.48. The molecule has 0 bridgehead atoms. The van der Waals surface area contributed by atoms with E-state index in [1.54, 1.807) is 4.90 Å². The van der Waals surface area contributed by atoms with Crippen molar-refractivity contribution >= 4 is 17.7 Å². The topological polar surface area (TPSA) is 113 Å². The third-order valence-electron chi connectivity index (χ3n) is 4.32. The van der Waals surface area contributed by atoms with Crippen molar-refractivity contribution in [2.75, 3.05) is 26.2 Å². The van der Waals surface area contributed by atoms with Crippen LogP contribution in [0.3, 0.4) is 0 Å². The van der Waals surface area contributed by atoms with Gasteiger partial charge in [0, 0.05) is 31.7 Å². The van der Waals surface area contributed by atoms with Gasteiger partial charge in [0.2, 0.25) is 0 Å². The Hall–Kier alpha value is -3.37. The van der Waals surface area contributed by atoms with Crippen LogP contribution in [0.1, 0.15) is 23.1 Å². The lowest BCUT2D eigenvalue weighted by Gasteiger charge is -2.34. The van der Waals surface area contributed by atoms with Crippen LogP contribution >= 0.6 is 0 Å². The van der Waals surface area contributed by atoms with Crippen molar-refractivity contribution in [2.45, 2.75) is 20.0 Å². The van der Waals surface area contributed by atoms with Gasteiger partial charge in [0.15, 0.2) is 5.82 Å². The monoisotopic (exact) mass is 389 g/mol. The fourth-order valence-corrected chi connectivity index (χ4v) is 2.75. The number of benzene rings is 1.